The van der Waals surface area contributed by atoms with Crippen molar-refractivity contribution < 1.29 is 4.74 Å². The van der Waals surface area contributed by atoms with E-state index in [0.717, 1.165) is 15.9 Å². The molecule has 0 heterocycles. The molecule has 0 saturated heterocycles. The molecule has 0 radical (unpaired) electrons. The van der Waals surface area contributed by atoms with Crippen molar-refractivity contribution in [1.29, 1.82) is 0 Å². The average molecular weight is 342 g/mol. The summed E-state index contributed by atoms with van der Waals surface area (Å²) in [6.07, 6.45) is 0. The standard InChI is InChI=1S/C19H13Cl2NO/c20-16-10-6-14(7-11-16)19(15-8-12-17(21)13-9-15)22(23)18-4-2-1-3-5-18/h1-13H. The van der Waals surface area contributed by atoms with Crippen LogP contribution in [0.5, 0.6) is 0 Å². The summed E-state index contributed by atoms with van der Waals surface area (Å²) in [4.78, 5) is 0. The molecule has 23 heavy (non-hydrogen) atoms. The van der Waals surface area contributed by atoms with Crippen molar-refractivity contribution in [2.45, 2.75) is 0 Å². The highest BCUT2D eigenvalue weighted by Gasteiger charge is 2.17. The fourth-order valence-corrected chi connectivity index (χ4v) is 2.56. The summed E-state index contributed by atoms with van der Waals surface area (Å²) in [6, 6.07) is 23.5. The summed E-state index contributed by atoms with van der Waals surface area (Å²) in [5.41, 5.74) is 2.68. The molecule has 0 fully saturated rings. The van der Waals surface area contributed by atoms with Crippen LogP contribution < -0.4 is 0 Å². The van der Waals surface area contributed by atoms with E-state index in [1.54, 1.807) is 36.4 Å². The molecule has 0 aliphatic heterocycles. The molecule has 4 heteroatoms. The molecular weight excluding hydrogens is 329 g/mol. The maximum Gasteiger partial charge on any atom is 0.231 e. The second kappa shape index (κ2) is 6.86. The van der Waals surface area contributed by atoms with Gasteiger partial charge in [-0.05, 0) is 48.5 Å². The van der Waals surface area contributed by atoms with E-state index < -0.39 is 0 Å². The summed E-state index contributed by atoms with van der Waals surface area (Å²) in [5, 5.41) is 14.2. The molecule has 0 N–H and O–H groups in total. The third-order valence-electron chi connectivity index (χ3n) is 3.43. The molecule has 3 rings (SSSR count). The minimum atomic E-state index is 0.546. The largest absolute Gasteiger partial charge is 0.618 e. The zero-order valence-corrected chi connectivity index (χ0v) is 13.6. The minimum Gasteiger partial charge on any atom is -0.618 e. The van der Waals surface area contributed by atoms with Gasteiger partial charge in [-0.3, -0.25) is 0 Å². The quantitative estimate of drug-likeness (QED) is 0.260. The Kier molecular flexibility index (Phi) is 4.65. The lowest BCUT2D eigenvalue weighted by atomic mass is 10.0. The fourth-order valence-electron chi connectivity index (χ4n) is 2.31. The lowest BCUT2D eigenvalue weighted by Gasteiger charge is -2.11. The zero-order valence-electron chi connectivity index (χ0n) is 12.1. The summed E-state index contributed by atoms with van der Waals surface area (Å²) < 4.78 is 0.923. The third kappa shape index (κ3) is 3.55. The Morgan fingerprint density at radius 2 is 1.09 bits per heavy atom. The Bertz CT molecular complexity index is 778. The first-order valence-electron chi connectivity index (χ1n) is 7.06. The molecule has 0 aromatic heterocycles. The smallest absolute Gasteiger partial charge is 0.231 e. The topological polar surface area (TPSA) is 26.1 Å². The number of halogens is 2. The van der Waals surface area contributed by atoms with Gasteiger partial charge in [0.25, 0.3) is 0 Å². The van der Waals surface area contributed by atoms with Crippen molar-refractivity contribution in [1.82, 2.24) is 0 Å². The van der Waals surface area contributed by atoms with Gasteiger partial charge >= 0.3 is 0 Å². The number of rotatable bonds is 3. The monoisotopic (exact) mass is 341 g/mol. The minimum absolute atomic E-state index is 0.546. The number of nitrogens with zero attached hydrogens (tertiary/aromatic N) is 1. The maximum absolute atomic E-state index is 12.9. The Morgan fingerprint density at radius 1 is 0.652 bits per heavy atom. The van der Waals surface area contributed by atoms with Gasteiger partial charge in [0.05, 0.1) is 0 Å². The van der Waals surface area contributed by atoms with Crippen molar-refractivity contribution in [3.8, 4) is 0 Å². The summed E-state index contributed by atoms with van der Waals surface area (Å²) >= 11 is 11.9. The molecule has 0 amide bonds. The molecule has 0 atom stereocenters. The van der Waals surface area contributed by atoms with Crippen molar-refractivity contribution in [3.05, 3.63) is 105 Å². The van der Waals surface area contributed by atoms with Crippen LogP contribution in [0.1, 0.15) is 11.1 Å². The fraction of sp³-hybridized carbons (Fsp3) is 0. The van der Waals surface area contributed by atoms with Gasteiger partial charge in [0.2, 0.25) is 11.4 Å². The predicted octanol–water partition coefficient (Wildman–Crippen LogP) is 5.67. The average Bonchev–Trinajstić information content (AvgIpc) is 2.59. The summed E-state index contributed by atoms with van der Waals surface area (Å²) in [5.74, 6) is 0. The zero-order chi connectivity index (χ0) is 16.2. The van der Waals surface area contributed by atoms with Crippen LogP contribution in [0.25, 0.3) is 0 Å². The van der Waals surface area contributed by atoms with E-state index in [0.29, 0.717) is 21.4 Å². The summed E-state index contributed by atoms with van der Waals surface area (Å²) in [6.45, 7) is 0. The van der Waals surface area contributed by atoms with Crippen molar-refractivity contribution >= 4 is 34.6 Å². The maximum atomic E-state index is 12.9. The third-order valence-corrected chi connectivity index (χ3v) is 3.93. The first-order chi connectivity index (χ1) is 11.1. The van der Waals surface area contributed by atoms with Gasteiger partial charge in [0.1, 0.15) is 0 Å². The molecule has 0 unspecified atom stereocenters. The van der Waals surface area contributed by atoms with Crippen LogP contribution in [0.4, 0.5) is 5.69 Å². The van der Waals surface area contributed by atoms with Gasteiger partial charge in [-0.15, -0.1) is 0 Å². The summed E-state index contributed by atoms with van der Waals surface area (Å²) in [7, 11) is 0. The van der Waals surface area contributed by atoms with Gasteiger partial charge in [-0.25, -0.2) is 0 Å². The molecule has 0 bridgehead atoms. The predicted molar refractivity (Wildman–Crippen MR) is 95.8 cm³/mol. The van der Waals surface area contributed by atoms with E-state index in [4.69, 9.17) is 23.2 Å². The van der Waals surface area contributed by atoms with Crippen molar-refractivity contribution in [2.24, 2.45) is 0 Å². The molecule has 0 spiro atoms. The molecule has 2 nitrogen and oxygen atoms in total. The van der Waals surface area contributed by atoms with E-state index in [2.05, 4.69) is 0 Å². The van der Waals surface area contributed by atoms with E-state index in [1.807, 2.05) is 42.5 Å². The number of para-hydroxylation sites is 1. The van der Waals surface area contributed by atoms with Crippen LogP contribution in [-0.2, 0) is 0 Å². The molecule has 3 aromatic carbocycles. The first-order valence-corrected chi connectivity index (χ1v) is 7.82. The molecule has 114 valence electrons. The Balaban J connectivity index is 2.21. The van der Waals surface area contributed by atoms with Gasteiger partial charge < -0.3 is 5.21 Å². The van der Waals surface area contributed by atoms with Gasteiger partial charge in [0, 0.05) is 33.3 Å². The highest BCUT2D eigenvalue weighted by Crippen LogP contribution is 2.20. The van der Waals surface area contributed by atoms with Gasteiger partial charge in [-0.1, -0.05) is 41.4 Å². The molecule has 0 saturated carbocycles. The second-order valence-electron chi connectivity index (χ2n) is 4.99. The number of benzene rings is 3. The second-order valence-corrected chi connectivity index (χ2v) is 5.87. The Labute approximate surface area is 144 Å². The van der Waals surface area contributed by atoms with E-state index >= 15 is 0 Å². The van der Waals surface area contributed by atoms with Gasteiger partial charge in [0.15, 0.2) is 0 Å². The van der Waals surface area contributed by atoms with Crippen LogP contribution in [0.3, 0.4) is 0 Å². The van der Waals surface area contributed by atoms with Crippen LogP contribution in [0.2, 0.25) is 10.0 Å². The Hall–Kier alpha value is -2.29. The van der Waals surface area contributed by atoms with Crippen LogP contribution in [0.15, 0.2) is 78.9 Å². The molecule has 0 aliphatic carbocycles. The highest BCUT2D eigenvalue weighted by atomic mass is 35.5. The molecular formula is C19H13Cl2NO. The molecule has 0 aliphatic rings. The van der Waals surface area contributed by atoms with Crippen molar-refractivity contribution in [3.63, 3.8) is 0 Å². The SMILES string of the molecule is [O-][N+](=C(c1ccc(Cl)cc1)c1ccc(Cl)cc1)c1ccccc1. The Morgan fingerprint density at radius 3 is 1.52 bits per heavy atom. The van der Waals surface area contributed by atoms with E-state index in [1.165, 1.54) is 0 Å². The van der Waals surface area contributed by atoms with Gasteiger partial charge in [-0.2, -0.15) is 4.74 Å². The highest BCUT2D eigenvalue weighted by molar-refractivity contribution is 6.31. The lowest BCUT2D eigenvalue weighted by molar-refractivity contribution is -0.359. The normalized spacial score (nSPS) is 10.3. The van der Waals surface area contributed by atoms with Crippen LogP contribution in [0, 0.1) is 5.21 Å². The van der Waals surface area contributed by atoms with E-state index in [-0.39, 0.29) is 0 Å². The van der Waals surface area contributed by atoms with E-state index in [9.17, 15) is 5.21 Å². The van der Waals surface area contributed by atoms with Crippen LogP contribution in [-0.4, -0.2) is 10.5 Å². The first kappa shape index (κ1) is 15.6. The molecule has 3 aromatic rings. The number of hydrogen-bond acceptors (Lipinski definition) is 1. The number of hydrogen-bond donors (Lipinski definition) is 0. The van der Waals surface area contributed by atoms with Crippen LogP contribution >= 0.6 is 23.2 Å². The van der Waals surface area contributed by atoms with Crippen molar-refractivity contribution in [2.75, 3.05) is 0 Å². The lowest BCUT2D eigenvalue weighted by Crippen LogP contribution is -2.15.